The number of rotatable bonds is 3. The van der Waals surface area contributed by atoms with Gasteiger partial charge in [0.25, 0.3) is 5.78 Å². The van der Waals surface area contributed by atoms with Gasteiger partial charge in [0.15, 0.2) is 5.82 Å². The van der Waals surface area contributed by atoms with E-state index >= 15 is 0 Å². The quantitative estimate of drug-likeness (QED) is 0.928. The Morgan fingerprint density at radius 1 is 1.28 bits per heavy atom. The molecule has 2 heterocycles. The van der Waals surface area contributed by atoms with E-state index in [1.165, 1.54) is 0 Å². The lowest BCUT2D eigenvalue weighted by atomic mass is 10.0. The van der Waals surface area contributed by atoms with E-state index in [9.17, 15) is 0 Å². The summed E-state index contributed by atoms with van der Waals surface area (Å²) >= 11 is 0. The standard InChI is InChI=1S/C12H19N5.ClH/c1-7(2)5-10(13)11-15-16-12-14-8(3)6-9(4)17(11)12;/h6-7,10H,5,13H2,1-4H3;1H. The molecule has 0 spiro atoms. The van der Waals surface area contributed by atoms with Crippen molar-refractivity contribution in [2.75, 3.05) is 0 Å². The highest BCUT2D eigenvalue weighted by molar-refractivity contribution is 5.85. The number of aromatic nitrogens is 4. The number of nitrogens with zero attached hydrogens (tertiary/aromatic N) is 4. The number of halogens is 1. The minimum Gasteiger partial charge on any atom is -0.321 e. The smallest absolute Gasteiger partial charge is 0.255 e. The third kappa shape index (κ3) is 2.79. The van der Waals surface area contributed by atoms with Crippen LogP contribution in [-0.2, 0) is 0 Å². The van der Waals surface area contributed by atoms with Crippen LogP contribution in [0.3, 0.4) is 0 Å². The molecule has 5 nitrogen and oxygen atoms in total. The van der Waals surface area contributed by atoms with Crippen molar-refractivity contribution in [2.24, 2.45) is 11.7 Å². The van der Waals surface area contributed by atoms with Crippen LogP contribution in [0.2, 0.25) is 0 Å². The molecule has 0 aliphatic heterocycles. The lowest BCUT2D eigenvalue weighted by Crippen LogP contribution is -2.17. The molecule has 0 bridgehead atoms. The highest BCUT2D eigenvalue weighted by atomic mass is 35.5. The van der Waals surface area contributed by atoms with Crippen LogP contribution in [0.25, 0.3) is 5.78 Å². The summed E-state index contributed by atoms with van der Waals surface area (Å²) < 4.78 is 1.94. The summed E-state index contributed by atoms with van der Waals surface area (Å²) in [7, 11) is 0. The Labute approximate surface area is 113 Å². The summed E-state index contributed by atoms with van der Waals surface area (Å²) in [5, 5.41) is 8.27. The van der Waals surface area contributed by atoms with Gasteiger partial charge in [-0.2, -0.15) is 0 Å². The Morgan fingerprint density at radius 3 is 2.56 bits per heavy atom. The second kappa shape index (κ2) is 5.63. The fraction of sp³-hybridized carbons (Fsp3) is 0.583. The third-order valence-corrected chi connectivity index (χ3v) is 2.77. The lowest BCUT2D eigenvalue weighted by molar-refractivity contribution is 0.489. The van der Waals surface area contributed by atoms with Crippen LogP contribution in [0.4, 0.5) is 0 Å². The molecule has 0 amide bonds. The van der Waals surface area contributed by atoms with Crippen LogP contribution in [0, 0.1) is 19.8 Å². The fourth-order valence-corrected chi connectivity index (χ4v) is 2.11. The second-order valence-corrected chi connectivity index (χ2v) is 4.97. The van der Waals surface area contributed by atoms with Gasteiger partial charge in [0.2, 0.25) is 0 Å². The number of aryl methyl sites for hydroxylation is 2. The summed E-state index contributed by atoms with van der Waals surface area (Å²) in [5.41, 5.74) is 8.19. The van der Waals surface area contributed by atoms with Gasteiger partial charge < -0.3 is 5.73 Å². The van der Waals surface area contributed by atoms with Gasteiger partial charge >= 0.3 is 0 Å². The molecule has 0 radical (unpaired) electrons. The Balaban J connectivity index is 0.00000162. The molecule has 0 aliphatic carbocycles. The predicted octanol–water partition coefficient (Wildman–Crippen LogP) is 2.21. The van der Waals surface area contributed by atoms with E-state index in [-0.39, 0.29) is 18.4 Å². The molecule has 2 rings (SSSR count). The summed E-state index contributed by atoms with van der Waals surface area (Å²) in [4.78, 5) is 4.35. The maximum atomic E-state index is 6.16. The molecular formula is C12H20ClN5. The molecular weight excluding hydrogens is 250 g/mol. The monoisotopic (exact) mass is 269 g/mol. The van der Waals surface area contributed by atoms with E-state index in [1.807, 2.05) is 24.3 Å². The van der Waals surface area contributed by atoms with Crippen LogP contribution in [0.5, 0.6) is 0 Å². The van der Waals surface area contributed by atoms with Crippen molar-refractivity contribution in [3.8, 4) is 0 Å². The van der Waals surface area contributed by atoms with E-state index < -0.39 is 0 Å². The molecule has 2 N–H and O–H groups in total. The van der Waals surface area contributed by atoms with Gasteiger partial charge in [-0.3, -0.25) is 4.40 Å². The van der Waals surface area contributed by atoms with E-state index in [2.05, 4.69) is 29.0 Å². The number of hydrogen-bond acceptors (Lipinski definition) is 4. The molecule has 18 heavy (non-hydrogen) atoms. The van der Waals surface area contributed by atoms with Crippen molar-refractivity contribution in [3.63, 3.8) is 0 Å². The zero-order valence-corrected chi connectivity index (χ0v) is 12.0. The molecule has 0 fully saturated rings. The third-order valence-electron chi connectivity index (χ3n) is 2.77. The highest BCUT2D eigenvalue weighted by Gasteiger charge is 2.17. The van der Waals surface area contributed by atoms with Crippen LogP contribution in [-0.4, -0.2) is 19.6 Å². The minimum absolute atomic E-state index is 0. The first-order chi connectivity index (χ1) is 7.99. The van der Waals surface area contributed by atoms with Crippen molar-refractivity contribution >= 4 is 18.2 Å². The molecule has 0 aliphatic rings. The first-order valence-electron chi connectivity index (χ1n) is 5.94. The minimum atomic E-state index is -0.0896. The molecule has 1 atom stereocenters. The zero-order chi connectivity index (χ0) is 12.6. The van der Waals surface area contributed by atoms with Gasteiger partial charge in [0, 0.05) is 11.4 Å². The topological polar surface area (TPSA) is 69.1 Å². The Hall–Kier alpha value is -1.20. The lowest BCUT2D eigenvalue weighted by Gasteiger charge is -2.13. The van der Waals surface area contributed by atoms with Crippen LogP contribution in [0.1, 0.15) is 43.5 Å². The van der Waals surface area contributed by atoms with Gasteiger partial charge in [-0.25, -0.2) is 4.98 Å². The second-order valence-electron chi connectivity index (χ2n) is 4.97. The molecule has 2 aromatic heterocycles. The predicted molar refractivity (Wildman–Crippen MR) is 73.9 cm³/mol. The molecule has 6 heteroatoms. The molecule has 2 aromatic rings. The Bertz CT molecular complexity index is 534. The number of fused-ring (bicyclic) bond motifs is 1. The van der Waals surface area contributed by atoms with E-state index in [0.29, 0.717) is 11.7 Å². The molecule has 0 saturated heterocycles. The normalized spacial score (nSPS) is 12.8. The van der Waals surface area contributed by atoms with Crippen molar-refractivity contribution in [3.05, 3.63) is 23.3 Å². The van der Waals surface area contributed by atoms with E-state index in [1.54, 1.807) is 0 Å². The molecule has 100 valence electrons. The van der Waals surface area contributed by atoms with Crippen molar-refractivity contribution in [1.29, 1.82) is 0 Å². The van der Waals surface area contributed by atoms with Crippen LogP contribution < -0.4 is 5.73 Å². The maximum Gasteiger partial charge on any atom is 0.255 e. The van der Waals surface area contributed by atoms with E-state index in [4.69, 9.17) is 5.73 Å². The highest BCUT2D eigenvalue weighted by Crippen LogP contribution is 2.18. The van der Waals surface area contributed by atoms with E-state index in [0.717, 1.165) is 23.6 Å². The first kappa shape index (κ1) is 14.9. The van der Waals surface area contributed by atoms with Crippen molar-refractivity contribution in [2.45, 2.75) is 40.2 Å². The van der Waals surface area contributed by atoms with Gasteiger partial charge in [-0.15, -0.1) is 22.6 Å². The van der Waals surface area contributed by atoms with Gasteiger partial charge in [-0.1, -0.05) is 13.8 Å². The first-order valence-corrected chi connectivity index (χ1v) is 5.94. The average Bonchev–Trinajstić information content (AvgIpc) is 2.59. The van der Waals surface area contributed by atoms with Gasteiger partial charge in [-0.05, 0) is 32.3 Å². The average molecular weight is 270 g/mol. The summed E-state index contributed by atoms with van der Waals surface area (Å²) in [6.45, 7) is 8.28. The largest absolute Gasteiger partial charge is 0.321 e. The summed E-state index contributed by atoms with van der Waals surface area (Å²) in [6, 6.07) is 1.93. The SMILES string of the molecule is Cc1cc(C)n2c(C(N)CC(C)C)nnc2n1.Cl. The number of hydrogen-bond donors (Lipinski definition) is 1. The maximum absolute atomic E-state index is 6.16. The Morgan fingerprint density at radius 2 is 1.94 bits per heavy atom. The summed E-state index contributed by atoms with van der Waals surface area (Å²) in [6.07, 6.45) is 0.897. The van der Waals surface area contributed by atoms with Gasteiger partial charge in [0.05, 0.1) is 6.04 Å². The fourth-order valence-electron chi connectivity index (χ4n) is 2.11. The van der Waals surface area contributed by atoms with Crippen LogP contribution in [0.15, 0.2) is 6.07 Å². The van der Waals surface area contributed by atoms with Gasteiger partial charge in [0.1, 0.15) is 0 Å². The Kier molecular flexibility index (Phi) is 4.65. The zero-order valence-electron chi connectivity index (χ0n) is 11.2. The number of nitrogens with two attached hydrogens (primary N) is 1. The molecule has 0 aromatic carbocycles. The molecule has 0 saturated carbocycles. The summed E-state index contributed by atoms with van der Waals surface area (Å²) in [5.74, 6) is 1.98. The van der Waals surface area contributed by atoms with Crippen LogP contribution >= 0.6 is 12.4 Å². The van der Waals surface area contributed by atoms with Crippen molar-refractivity contribution in [1.82, 2.24) is 19.6 Å². The molecule has 1 unspecified atom stereocenters. The van der Waals surface area contributed by atoms with Crippen molar-refractivity contribution < 1.29 is 0 Å².